The van der Waals surface area contributed by atoms with Crippen molar-refractivity contribution in [2.75, 3.05) is 20.3 Å². The summed E-state index contributed by atoms with van der Waals surface area (Å²) in [4.78, 5) is 4.24. The Kier molecular flexibility index (Phi) is 5.19. The van der Waals surface area contributed by atoms with E-state index in [-0.39, 0.29) is 0 Å². The fraction of sp³-hybridized carbons (Fsp3) is 0.267. The molecule has 0 atom stereocenters. The Morgan fingerprint density at radius 1 is 1.05 bits per heavy atom. The van der Waals surface area contributed by atoms with Gasteiger partial charge < -0.3 is 14.8 Å². The Hall–Kier alpha value is -2.07. The van der Waals surface area contributed by atoms with Gasteiger partial charge in [0.1, 0.15) is 6.61 Å². The lowest BCUT2D eigenvalue weighted by Gasteiger charge is -2.10. The second-order valence-corrected chi connectivity index (χ2v) is 4.00. The van der Waals surface area contributed by atoms with Crippen LogP contribution in [0.25, 0.3) is 0 Å². The zero-order chi connectivity index (χ0) is 13.3. The maximum Gasteiger partial charge on any atom is 0.161 e. The van der Waals surface area contributed by atoms with Crippen LogP contribution in [0.1, 0.15) is 5.69 Å². The molecule has 1 aromatic carbocycles. The molecule has 0 amide bonds. The van der Waals surface area contributed by atoms with Crippen molar-refractivity contribution >= 4 is 0 Å². The minimum atomic E-state index is 0.590. The van der Waals surface area contributed by atoms with Crippen molar-refractivity contribution < 1.29 is 9.47 Å². The van der Waals surface area contributed by atoms with Gasteiger partial charge in [-0.25, -0.2) is 0 Å². The normalized spacial score (nSPS) is 10.2. The average molecular weight is 258 g/mol. The summed E-state index contributed by atoms with van der Waals surface area (Å²) in [7, 11) is 1.64. The zero-order valence-corrected chi connectivity index (χ0v) is 11.0. The minimum absolute atomic E-state index is 0.590. The van der Waals surface area contributed by atoms with Gasteiger partial charge in [0.25, 0.3) is 0 Å². The summed E-state index contributed by atoms with van der Waals surface area (Å²) in [6.07, 6.45) is 1.79. The van der Waals surface area contributed by atoms with Gasteiger partial charge in [0.2, 0.25) is 0 Å². The first-order valence-corrected chi connectivity index (χ1v) is 6.26. The number of para-hydroxylation sites is 2. The molecule has 2 rings (SSSR count). The molecule has 0 aliphatic rings. The number of nitrogens with one attached hydrogen (secondary N) is 1. The molecule has 0 saturated heterocycles. The number of rotatable bonds is 7. The van der Waals surface area contributed by atoms with E-state index in [9.17, 15) is 0 Å². The zero-order valence-electron chi connectivity index (χ0n) is 11.0. The van der Waals surface area contributed by atoms with Crippen molar-refractivity contribution in [1.29, 1.82) is 0 Å². The molecular formula is C15H18N2O2. The van der Waals surface area contributed by atoms with E-state index in [2.05, 4.69) is 10.3 Å². The summed E-state index contributed by atoms with van der Waals surface area (Å²) in [6.45, 7) is 2.10. The molecule has 0 unspecified atom stereocenters. The maximum atomic E-state index is 5.66. The van der Waals surface area contributed by atoms with Crippen molar-refractivity contribution in [1.82, 2.24) is 10.3 Å². The molecule has 0 bridgehead atoms. The highest BCUT2D eigenvalue weighted by atomic mass is 16.5. The van der Waals surface area contributed by atoms with Crippen LogP contribution in [0.3, 0.4) is 0 Å². The summed E-state index contributed by atoms with van der Waals surface area (Å²) in [6, 6.07) is 13.5. The van der Waals surface area contributed by atoms with E-state index >= 15 is 0 Å². The number of pyridine rings is 1. The lowest BCUT2D eigenvalue weighted by Crippen LogP contribution is -2.21. The topological polar surface area (TPSA) is 43.4 Å². The van der Waals surface area contributed by atoms with E-state index in [0.29, 0.717) is 6.61 Å². The molecule has 4 nitrogen and oxygen atoms in total. The van der Waals surface area contributed by atoms with E-state index in [4.69, 9.17) is 9.47 Å². The Morgan fingerprint density at radius 2 is 1.84 bits per heavy atom. The molecule has 0 aliphatic heterocycles. The molecule has 1 heterocycles. The lowest BCUT2D eigenvalue weighted by molar-refractivity contribution is 0.292. The van der Waals surface area contributed by atoms with E-state index in [1.54, 1.807) is 13.3 Å². The fourth-order valence-electron chi connectivity index (χ4n) is 1.69. The summed E-state index contributed by atoms with van der Waals surface area (Å²) in [5.74, 6) is 1.52. The highest BCUT2D eigenvalue weighted by Crippen LogP contribution is 2.25. The van der Waals surface area contributed by atoms with E-state index in [0.717, 1.165) is 30.3 Å². The number of hydrogen-bond donors (Lipinski definition) is 1. The van der Waals surface area contributed by atoms with Gasteiger partial charge in [0, 0.05) is 19.3 Å². The molecule has 2 aromatic rings. The summed E-state index contributed by atoms with van der Waals surface area (Å²) in [5.41, 5.74) is 1.03. The quantitative estimate of drug-likeness (QED) is 0.774. The van der Waals surface area contributed by atoms with Gasteiger partial charge in [-0.3, -0.25) is 4.98 Å². The van der Waals surface area contributed by atoms with E-state index in [1.165, 1.54) is 0 Å². The monoisotopic (exact) mass is 258 g/mol. The molecule has 0 fully saturated rings. The molecule has 4 heteroatoms. The Morgan fingerprint density at radius 3 is 2.58 bits per heavy atom. The number of methoxy groups -OCH3 is 1. The van der Waals surface area contributed by atoms with Gasteiger partial charge in [0.15, 0.2) is 11.5 Å². The van der Waals surface area contributed by atoms with E-state index < -0.39 is 0 Å². The summed E-state index contributed by atoms with van der Waals surface area (Å²) >= 11 is 0. The number of nitrogens with zero attached hydrogens (tertiary/aromatic N) is 1. The lowest BCUT2D eigenvalue weighted by atomic mass is 10.3. The SMILES string of the molecule is COc1ccccc1OCCNCc1ccccn1. The number of benzene rings is 1. The Bertz CT molecular complexity index is 489. The molecule has 19 heavy (non-hydrogen) atoms. The molecular weight excluding hydrogens is 240 g/mol. The fourth-order valence-corrected chi connectivity index (χ4v) is 1.69. The van der Waals surface area contributed by atoms with Crippen LogP contribution in [-0.4, -0.2) is 25.2 Å². The standard InChI is InChI=1S/C15H18N2O2/c1-18-14-7-2-3-8-15(14)19-11-10-16-12-13-6-4-5-9-17-13/h2-9,16H,10-12H2,1H3. The van der Waals surface area contributed by atoms with Crippen LogP contribution < -0.4 is 14.8 Å². The smallest absolute Gasteiger partial charge is 0.161 e. The highest BCUT2D eigenvalue weighted by Gasteiger charge is 2.01. The van der Waals surface area contributed by atoms with Crippen molar-refractivity contribution in [2.45, 2.75) is 6.54 Å². The van der Waals surface area contributed by atoms with Crippen LogP contribution in [0.4, 0.5) is 0 Å². The van der Waals surface area contributed by atoms with Gasteiger partial charge in [-0.15, -0.1) is 0 Å². The van der Waals surface area contributed by atoms with Gasteiger partial charge >= 0.3 is 0 Å². The number of aromatic nitrogens is 1. The molecule has 100 valence electrons. The maximum absolute atomic E-state index is 5.66. The van der Waals surface area contributed by atoms with Gasteiger partial charge in [0.05, 0.1) is 12.8 Å². The first-order valence-electron chi connectivity index (χ1n) is 6.26. The van der Waals surface area contributed by atoms with Crippen molar-refractivity contribution in [3.8, 4) is 11.5 Å². The predicted octanol–water partition coefficient (Wildman–Crippen LogP) is 2.26. The molecule has 0 saturated carbocycles. The first kappa shape index (κ1) is 13.4. The summed E-state index contributed by atoms with van der Waals surface area (Å²) < 4.78 is 10.9. The van der Waals surface area contributed by atoms with Gasteiger partial charge in [-0.2, -0.15) is 0 Å². The molecule has 1 aromatic heterocycles. The van der Waals surface area contributed by atoms with Crippen molar-refractivity contribution in [2.24, 2.45) is 0 Å². The first-order chi connectivity index (χ1) is 9.40. The predicted molar refractivity (Wildman–Crippen MR) is 74.4 cm³/mol. The van der Waals surface area contributed by atoms with Crippen LogP contribution in [0.5, 0.6) is 11.5 Å². The van der Waals surface area contributed by atoms with Gasteiger partial charge in [-0.1, -0.05) is 18.2 Å². The third-order valence-electron chi connectivity index (χ3n) is 2.64. The van der Waals surface area contributed by atoms with E-state index in [1.807, 2.05) is 42.5 Å². The van der Waals surface area contributed by atoms with Crippen molar-refractivity contribution in [3.05, 3.63) is 54.4 Å². The highest BCUT2D eigenvalue weighted by molar-refractivity contribution is 5.39. The third-order valence-corrected chi connectivity index (χ3v) is 2.64. The third kappa shape index (κ3) is 4.26. The summed E-state index contributed by atoms with van der Waals surface area (Å²) in [5, 5.41) is 3.28. The molecule has 0 aliphatic carbocycles. The van der Waals surface area contributed by atoms with Crippen LogP contribution in [0, 0.1) is 0 Å². The van der Waals surface area contributed by atoms with Crippen LogP contribution in [0.15, 0.2) is 48.7 Å². The Balaban J connectivity index is 1.69. The van der Waals surface area contributed by atoms with Crippen LogP contribution in [-0.2, 0) is 6.54 Å². The second kappa shape index (κ2) is 7.38. The van der Waals surface area contributed by atoms with Crippen LogP contribution in [0.2, 0.25) is 0 Å². The Labute approximate surface area is 113 Å². The molecule has 0 radical (unpaired) electrons. The van der Waals surface area contributed by atoms with Gasteiger partial charge in [-0.05, 0) is 24.3 Å². The molecule has 0 spiro atoms. The number of hydrogen-bond acceptors (Lipinski definition) is 4. The largest absolute Gasteiger partial charge is 0.493 e. The molecule has 1 N–H and O–H groups in total. The van der Waals surface area contributed by atoms with Crippen molar-refractivity contribution in [3.63, 3.8) is 0 Å². The second-order valence-electron chi connectivity index (χ2n) is 4.00. The minimum Gasteiger partial charge on any atom is -0.493 e. The van der Waals surface area contributed by atoms with Crippen LogP contribution >= 0.6 is 0 Å². The number of ether oxygens (including phenoxy) is 2. The average Bonchev–Trinajstić information content (AvgIpc) is 2.48.